The van der Waals surface area contributed by atoms with E-state index in [4.69, 9.17) is 4.55 Å². The molecule has 2 aromatic carbocycles. The summed E-state index contributed by atoms with van der Waals surface area (Å²) in [7, 11) is -8.85. The summed E-state index contributed by atoms with van der Waals surface area (Å²) in [5.74, 6) is -1.15. The molecule has 2 N–H and O–H groups in total. The maximum absolute atomic E-state index is 12.3. The number of aromatic hydroxyl groups is 1. The maximum atomic E-state index is 12.3. The van der Waals surface area contributed by atoms with Gasteiger partial charge in [-0.25, -0.2) is 8.42 Å². The molecule has 0 atom stereocenters. The van der Waals surface area contributed by atoms with Crippen LogP contribution in [0, 0.1) is 0 Å². The van der Waals surface area contributed by atoms with Crippen LogP contribution in [0.2, 0.25) is 0 Å². The Kier molecular flexibility index (Phi) is 5.66. The molecule has 0 heterocycles. The van der Waals surface area contributed by atoms with Crippen LogP contribution in [-0.2, 0) is 20.0 Å². The third kappa shape index (κ3) is 3.80. The molecule has 0 unspecified atom stereocenters. The predicted octanol–water partition coefficient (Wildman–Crippen LogP) is -2.45. The minimum absolute atomic E-state index is 0. The van der Waals surface area contributed by atoms with Crippen LogP contribution in [0.15, 0.2) is 57.2 Å². The normalized spacial score (nSPS) is 11.7. The first kappa shape index (κ1) is 18.9. The van der Waals surface area contributed by atoms with Crippen LogP contribution in [0.3, 0.4) is 0 Å². The maximum Gasteiger partial charge on any atom is 1.00 e. The van der Waals surface area contributed by atoms with Gasteiger partial charge in [-0.1, -0.05) is 12.1 Å². The zero-order valence-electron chi connectivity index (χ0n) is 11.3. The predicted molar refractivity (Wildman–Crippen MR) is 69.3 cm³/mol. The van der Waals surface area contributed by atoms with Gasteiger partial charge in [0.15, 0.2) is 0 Å². The molecule has 0 saturated heterocycles. The minimum atomic E-state index is -4.77. The van der Waals surface area contributed by atoms with Crippen LogP contribution in [-0.4, -0.2) is 26.5 Å². The van der Waals surface area contributed by atoms with Crippen LogP contribution in [0.1, 0.15) is 0 Å². The van der Waals surface area contributed by atoms with Gasteiger partial charge in [0.1, 0.15) is 10.6 Å². The van der Waals surface area contributed by atoms with Gasteiger partial charge in [0.05, 0.1) is 9.79 Å². The molecular formula is C12H9NaO7S2. The van der Waals surface area contributed by atoms with E-state index in [0.717, 1.165) is 36.4 Å². The number of phenols is 1. The van der Waals surface area contributed by atoms with Crippen LogP contribution < -0.4 is 34.7 Å². The van der Waals surface area contributed by atoms with Crippen molar-refractivity contribution in [3.63, 3.8) is 0 Å². The molecular weight excluding hydrogens is 343 g/mol. The first-order chi connectivity index (χ1) is 9.62. The molecule has 0 radical (unpaired) electrons. The quantitative estimate of drug-likeness (QED) is 0.463. The summed E-state index contributed by atoms with van der Waals surface area (Å²) in [4.78, 5) is -1.57. The second-order valence-corrected chi connectivity index (χ2v) is 7.42. The van der Waals surface area contributed by atoms with E-state index < -0.39 is 35.5 Å². The van der Waals surface area contributed by atoms with Gasteiger partial charge in [-0.15, -0.1) is 5.75 Å². The fourth-order valence-electron chi connectivity index (χ4n) is 1.62. The Hall–Kier alpha value is -1.10. The van der Waals surface area contributed by atoms with Crippen molar-refractivity contribution in [1.82, 2.24) is 0 Å². The third-order valence-electron chi connectivity index (χ3n) is 2.65. The molecule has 10 heteroatoms. The number of hydrogen-bond acceptors (Lipinski definition) is 6. The van der Waals surface area contributed by atoms with E-state index in [2.05, 4.69) is 0 Å². The van der Waals surface area contributed by atoms with E-state index in [9.17, 15) is 27.0 Å². The standard InChI is InChI=1S/C12H10O7S2.Na/c13-8-1-3-9(4-2-8)20(15,16)10-5-6-11(14)12(7-10)21(17,18)19;/h1-7,13-14H,(H,17,18,19);/q;+1/p-1. The average molecular weight is 352 g/mol. The van der Waals surface area contributed by atoms with Crippen LogP contribution in [0.5, 0.6) is 11.5 Å². The monoisotopic (exact) mass is 352 g/mol. The van der Waals surface area contributed by atoms with Gasteiger partial charge in [-0.2, -0.15) is 8.42 Å². The molecule has 2 rings (SSSR count). The van der Waals surface area contributed by atoms with E-state index in [1.165, 1.54) is 0 Å². The summed E-state index contributed by atoms with van der Waals surface area (Å²) in [5.41, 5.74) is 0. The summed E-state index contributed by atoms with van der Waals surface area (Å²) in [6.45, 7) is 0. The second kappa shape index (κ2) is 6.57. The second-order valence-electron chi connectivity index (χ2n) is 4.08. The Balaban J connectivity index is 0.00000242. The van der Waals surface area contributed by atoms with Gasteiger partial charge in [0.25, 0.3) is 10.1 Å². The minimum Gasteiger partial charge on any atom is -0.872 e. The molecule has 0 aliphatic heterocycles. The van der Waals surface area contributed by atoms with Gasteiger partial charge in [-0.3, -0.25) is 4.55 Å². The van der Waals surface area contributed by atoms with Crippen LogP contribution in [0.4, 0.5) is 0 Å². The SMILES string of the molecule is O=S(=O)(O)c1cc(S(=O)(=O)c2ccc([O-])cc2)ccc1O.[Na+]. The Morgan fingerprint density at radius 2 is 1.36 bits per heavy atom. The van der Waals surface area contributed by atoms with Gasteiger partial charge < -0.3 is 10.2 Å². The van der Waals surface area contributed by atoms with E-state index in [-0.39, 0.29) is 40.2 Å². The van der Waals surface area contributed by atoms with E-state index in [1.807, 2.05) is 0 Å². The molecule has 0 aromatic heterocycles. The molecule has 7 nitrogen and oxygen atoms in total. The zero-order chi connectivity index (χ0) is 15.8. The van der Waals surface area contributed by atoms with Gasteiger partial charge in [-0.05, 0) is 30.3 Å². The third-order valence-corrected chi connectivity index (χ3v) is 5.30. The van der Waals surface area contributed by atoms with Crippen molar-refractivity contribution < 1.29 is 61.2 Å². The summed E-state index contributed by atoms with van der Waals surface area (Å²) in [5, 5.41) is 20.3. The van der Waals surface area contributed by atoms with Gasteiger partial charge in [0, 0.05) is 0 Å². The Labute approximate surface area is 149 Å². The van der Waals surface area contributed by atoms with Gasteiger partial charge in [0.2, 0.25) is 9.84 Å². The van der Waals surface area contributed by atoms with E-state index in [0.29, 0.717) is 6.07 Å². The van der Waals surface area contributed by atoms with Crippen molar-refractivity contribution in [2.75, 3.05) is 0 Å². The van der Waals surface area contributed by atoms with Crippen molar-refractivity contribution in [2.45, 2.75) is 14.7 Å². The number of sulfone groups is 1. The fraction of sp³-hybridized carbons (Fsp3) is 0. The van der Waals surface area contributed by atoms with Gasteiger partial charge >= 0.3 is 29.6 Å². The molecule has 0 fully saturated rings. The number of hydrogen-bond donors (Lipinski definition) is 2. The van der Waals surface area contributed by atoms with Crippen LogP contribution in [0.25, 0.3) is 0 Å². The number of rotatable bonds is 3. The zero-order valence-corrected chi connectivity index (χ0v) is 14.9. The first-order valence-electron chi connectivity index (χ1n) is 5.45. The average Bonchev–Trinajstić information content (AvgIpc) is 2.38. The summed E-state index contributed by atoms with van der Waals surface area (Å²) in [6.07, 6.45) is 0. The van der Waals surface area contributed by atoms with Crippen molar-refractivity contribution in [3.8, 4) is 11.5 Å². The molecule has 0 aliphatic carbocycles. The molecule has 0 aliphatic rings. The first-order valence-corrected chi connectivity index (χ1v) is 8.37. The number of benzene rings is 2. The summed E-state index contributed by atoms with van der Waals surface area (Å²) in [6, 6.07) is 6.75. The summed E-state index contributed by atoms with van der Waals surface area (Å²) < 4.78 is 55.6. The molecule has 2 aromatic rings. The van der Waals surface area contributed by atoms with Crippen molar-refractivity contribution in [1.29, 1.82) is 0 Å². The molecule has 22 heavy (non-hydrogen) atoms. The van der Waals surface area contributed by atoms with Crippen molar-refractivity contribution >= 4 is 20.0 Å². The largest absolute Gasteiger partial charge is 1.00 e. The summed E-state index contributed by atoms with van der Waals surface area (Å²) >= 11 is 0. The Morgan fingerprint density at radius 3 is 1.86 bits per heavy atom. The smallest absolute Gasteiger partial charge is 0.872 e. The van der Waals surface area contributed by atoms with Crippen molar-refractivity contribution in [2.24, 2.45) is 0 Å². The fourth-order valence-corrected chi connectivity index (χ4v) is 3.59. The topological polar surface area (TPSA) is 132 Å². The molecule has 0 amide bonds. The number of phenolic OH excluding ortho intramolecular Hbond substituents is 1. The van der Waals surface area contributed by atoms with Crippen LogP contribution >= 0.6 is 0 Å². The molecule has 0 spiro atoms. The van der Waals surface area contributed by atoms with E-state index in [1.54, 1.807) is 0 Å². The molecule has 0 bridgehead atoms. The Morgan fingerprint density at radius 1 is 0.864 bits per heavy atom. The Bertz CT molecular complexity index is 888. The van der Waals surface area contributed by atoms with E-state index >= 15 is 0 Å². The molecule has 112 valence electrons. The molecule has 0 saturated carbocycles. The van der Waals surface area contributed by atoms with Crippen molar-refractivity contribution in [3.05, 3.63) is 42.5 Å².